The first-order chi connectivity index (χ1) is 6.77. The summed E-state index contributed by atoms with van der Waals surface area (Å²) in [5.41, 5.74) is 5.58. The van der Waals surface area contributed by atoms with Gasteiger partial charge in [-0.3, -0.25) is 4.84 Å². The molecule has 0 unspecified atom stereocenters. The summed E-state index contributed by atoms with van der Waals surface area (Å²) in [5, 5.41) is 1.65. The van der Waals surface area contributed by atoms with Crippen molar-refractivity contribution in [2.45, 2.75) is 31.3 Å². The summed E-state index contributed by atoms with van der Waals surface area (Å²) >= 11 is 0. The van der Waals surface area contributed by atoms with Crippen LogP contribution in [0, 0.1) is 0 Å². The maximum Gasteiger partial charge on any atom is 0.139 e. The second-order valence-corrected chi connectivity index (χ2v) is 3.44. The molecule has 1 aliphatic heterocycles. The summed E-state index contributed by atoms with van der Waals surface area (Å²) in [6, 6.07) is -0.418. The van der Waals surface area contributed by atoms with E-state index in [2.05, 4.69) is 0 Å². The number of aldehydes is 2. The Morgan fingerprint density at radius 3 is 3.00 bits per heavy atom. The number of carbonyl (C=O) groups excluding carboxylic acids is 2. The van der Waals surface area contributed by atoms with Gasteiger partial charge in [0, 0.05) is 19.0 Å². The minimum Gasteiger partial charge on any atom is -0.325 e. The maximum absolute atomic E-state index is 10.6. The van der Waals surface area contributed by atoms with Gasteiger partial charge < -0.3 is 15.3 Å². The molecule has 1 saturated heterocycles. The lowest BCUT2D eigenvalue weighted by atomic mass is 10.2. The second kappa shape index (κ2) is 5.85. The zero-order valence-corrected chi connectivity index (χ0v) is 8.09. The van der Waals surface area contributed by atoms with Gasteiger partial charge in [0.25, 0.3) is 0 Å². The molecule has 0 spiro atoms. The molecule has 0 radical (unpaired) electrons. The standard InChI is InChI=1S/C9H16N2O3/c10-8(3-5-12)7-14-11-4-1-2-9(11)6-13/h5-6,8-9H,1-4,7,10H2/t8-,9-/m0/s1. The summed E-state index contributed by atoms with van der Waals surface area (Å²) in [7, 11) is 0. The van der Waals surface area contributed by atoms with Crippen molar-refractivity contribution in [1.29, 1.82) is 0 Å². The zero-order chi connectivity index (χ0) is 10.4. The van der Waals surface area contributed by atoms with Crippen LogP contribution < -0.4 is 5.73 Å². The van der Waals surface area contributed by atoms with Crippen LogP contribution in [0.25, 0.3) is 0 Å². The van der Waals surface area contributed by atoms with Gasteiger partial charge >= 0.3 is 0 Å². The van der Waals surface area contributed by atoms with E-state index in [1.807, 2.05) is 0 Å². The Balaban J connectivity index is 2.22. The van der Waals surface area contributed by atoms with E-state index >= 15 is 0 Å². The number of nitrogens with zero attached hydrogens (tertiary/aromatic N) is 1. The molecule has 1 rings (SSSR count). The molecular formula is C9H16N2O3. The Bertz CT molecular complexity index is 198. The normalized spacial score (nSPS) is 24.8. The Kier molecular flexibility index (Phi) is 4.72. The summed E-state index contributed by atoms with van der Waals surface area (Å²) in [6.07, 6.45) is 3.76. The van der Waals surface area contributed by atoms with Crippen molar-refractivity contribution in [3.63, 3.8) is 0 Å². The first kappa shape index (κ1) is 11.3. The molecule has 0 saturated carbocycles. The number of hydroxylamine groups is 2. The summed E-state index contributed by atoms with van der Waals surface area (Å²) in [5.74, 6) is 0. The molecule has 0 amide bonds. The SMILES string of the molecule is N[C@@H](CC=O)CON1CCC[C@H]1C=O. The van der Waals surface area contributed by atoms with Crippen LogP contribution in [-0.4, -0.2) is 42.9 Å². The van der Waals surface area contributed by atoms with Crippen molar-refractivity contribution in [3.8, 4) is 0 Å². The van der Waals surface area contributed by atoms with Crippen LogP contribution in [0.2, 0.25) is 0 Å². The van der Waals surface area contributed by atoms with Crippen LogP contribution in [0.15, 0.2) is 0 Å². The highest BCUT2D eigenvalue weighted by Crippen LogP contribution is 2.15. The number of nitrogens with two attached hydrogens (primary N) is 1. The number of rotatable bonds is 6. The molecule has 1 heterocycles. The van der Waals surface area contributed by atoms with Crippen LogP contribution in [0.4, 0.5) is 0 Å². The van der Waals surface area contributed by atoms with Crippen LogP contribution in [0.5, 0.6) is 0 Å². The van der Waals surface area contributed by atoms with Crippen LogP contribution in [0.3, 0.4) is 0 Å². The fourth-order valence-electron chi connectivity index (χ4n) is 1.45. The largest absolute Gasteiger partial charge is 0.325 e. The van der Waals surface area contributed by atoms with Crippen molar-refractivity contribution in [2.24, 2.45) is 5.73 Å². The Labute approximate surface area is 83.1 Å². The van der Waals surface area contributed by atoms with E-state index < -0.39 is 0 Å². The van der Waals surface area contributed by atoms with Gasteiger partial charge in [-0.2, -0.15) is 5.06 Å². The lowest BCUT2D eigenvalue weighted by molar-refractivity contribution is -0.173. The van der Waals surface area contributed by atoms with E-state index in [9.17, 15) is 9.59 Å². The Morgan fingerprint density at radius 2 is 2.36 bits per heavy atom. The number of hydrogen-bond donors (Lipinski definition) is 1. The van der Waals surface area contributed by atoms with E-state index in [-0.39, 0.29) is 12.1 Å². The topological polar surface area (TPSA) is 72.6 Å². The lowest BCUT2D eigenvalue weighted by Crippen LogP contribution is -2.36. The average Bonchev–Trinajstić information content (AvgIpc) is 2.62. The van der Waals surface area contributed by atoms with E-state index in [0.29, 0.717) is 13.0 Å². The van der Waals surface area contributed by atoms with Crippen molar-refractivity contribution in [3.05, 3.63) is 0 Å². The average molecular weight is 200 g/mol. The highest BCUT2D eigenvalue weighted by Gasteiger charge is 2.25. The monoisotopic (exact) mass is 200 g/mol. The molecule has 80 valence electrons. The minimum atomic E-state index is -0.277. The van der Waals surface area contributed by atoms with Gasteiger partial charge in [0.05, 0.1) is 12.6 Å². The number of hydrogen-bond acceptors (Lipinski definition) is 5. The molecule has 0 aromatic rings. The summed E-state index contributed by atoms with van der Waals surface area (Å²) < 4.78 is 0. The molecule has 0 aromatic carbocycles. The van der Waals surface area contributed by atoms with E-state index in [0.717, 1.165) is 32.0 Å². The van der Waals surface area contributed by atoms with Gasteiger partial charge in [0.2, 0.25) is 0 Å². The predicted molar refractivity (Wildman–Crippen MR) is 50.4 cm³/mol. The van der Waals surface area contributed by atoms with Crippen LogP contribution in [-0.2, 0) is 14.4 Å². The van der Waals surface area contributed by atoms with Gasteiger partial charge in [0.15, 0.2) is 0 Å². The van der Waals surface area contributed by atoms with Crippen LogP contribution >= 0.6 is 0 Å². The third-order valence-electron chi connectivity index (χ3n) is 2.26. The Morgan fingerprint density at radius 1 is 1.57 bits per heavy atom. The molecule has 2 N–H and O–H groups in total. The van der Waals surface area contributed by atoms with E-state index in [1.165, 1.54) is 0 Å². The van der Waals surface area contributed by atoms with Gasteiger partial charge in [-0.25, -0.2) is 0 Å². The van der Waals surface area contributed by atoms with Gasteiger partial charge in [-0.15, -0.1) is 0 Å². The van der Waals surface area contributed by atoms with Gasteiger partial charge in [0.1, 0.15) is 12.6 Å². The maximum atomic E-state index is 10.6. The van der Waals surface area contributed by atoms with Crippen molar-refractivity contribution < 1.29 is 14.4 Å². The molecule has 0 aliphatic carbocycles. The molecule has 5 nitrogen and oxygen atoms in total. The molecule has 2 atom stereocenters. The van der Waals surface area contributed by atoms with Gasteiger partial charge in [-0.05, 0) is 12.8 Å². The van der Waals surface area contributed by atoms with E-state index in [4.69, 9.17) is 10.6 Å². The van der Waals surface area contributed by atoms with E-state index in [1.54, 1.807) is 5.06 Å². The fraction of sp³-hybridized carbons (Fsp3) is 0.778. The zero-order valence-electron chi connectivity index (χ0n) is 8.09. The first-order valence-corrected chi connectivity index (χ1v) is 4.82. The summed E-state index contributed by atoms with van der Waals surface area (Å²) in [6.45, 7) is 1.06. The van der Waals surface area contributed by atoms with Crippen LogP contribution in [0.1, 0.15) is 19.3 Å². The molecule has 1 fully saturated rings. The highest BCUT2D eigenvalue weighted by molar-refractivity contribution is 5.57. The Hall–Kier alpha value is -0.780. The lowest BCUT2D eigenvalue weighted by Gasteiger charge is -2.21. The minimum absolute atomic E-state index is 0.140. The molecule has 0 aromatic heterocycles. The van der Waals surface area contributed by atoms with Crippen molar-refractivity contribution in [2.75, 3.05) is 13.2 Å². The van der Waals surface area contributed by atoms with Crippen molar-refractivity contribution >= 4 is 12.6 Å². The quantitative estimate of drug-likeness (QED) is 0.585. The molecule has 0 bridgehead atoms. The third kappa shape index (κ3) is 3.17. The number of carbonyl (C=O) groups is 2. The highest BCUT2D eigenvalue weighted by atomic mass is 16.7. The summed E-state index contributed by atoms with van der Waals surface area (Å²) in [4.78, 5) is 26.0. The van der Waals surface area contributed by atoms with Crippen molar-refractivity contribution in [1.82, 2.24) is 5.06 Å². The molecule has 5 heteroatoms. The molecular weight excluding hydrogens is 184 g/mol. The first-order valence-electron chi connectivity index (χ1n) is 4.82. The smallest absolute Gasteiger partial charge is 0.139 e. The predicted octanol–water partition coefficient (Wildman–Crippen LogP) is -0.502. The fourth-order valence-corrected chi connectivity index (χ4v) is 1.45. The third-order valence-corrected chi connectivity index (χ3v) is 2.26. The molecule has 14 heavy (non-hydrogen) atoms. The molecule has 1 aliphatic rings. The second-order valence-electron chi connectivity index (χ2n) is 3.44. The van der Waals surface area contributed by atoms with Gasteiger partial charge in [-0.1, -0.05) is 0 Å².